The van der Waals surface area contributed by atoms with Gasteiger partial charge in [-0.25, -0.2) is 18.1 Å². The van der Waals surface area contributed by atoms with Crippen LogP contribution in [0.4, 0.5) is 5.69 Å². The van der Waals surface area contributed by atoms with Crippen molar-refractivity contribution in [2.75, 3.05) is 5.32 Å². The molecule has 31 heavy (non-hydrogen) atoms. The van der Waals surface area contributed by atoms with Crippen molar-refractivity contribution < 1.29 is 13.2 Å². The number of carbonyl (C=O) groups is 1. The fourth-order valence-electron chi connectivity index (χ4n) is 3.26. The summed E-state index contributed by atoms with van der Waals surface area (Å²) in [6.45, 7) is 3.48. The van der Waals surface area contributed by atoms with Crippen LogP contribution in [0.25, 0.3) is 16.7 Å². The molecule has 0 unspecified atom stereocenters. The lowest BCUT2D eigenvalue weighted by Gasteiger charge is -2.11. The predicted octanol–water partition coefficient (Wildman–Crippen LogP) is 3.96. The zero-order valence-corrected chi connectivity index (χ0v) is 17.9. The number of hydrogen-bond acceptors (Lipinski definition) is 4. The molecule has 0 radical (unpaired) electrons. The monoisotopic (exact) mass is 434 g/mol. The number of aromatic nitrogens is 2. The minimum absolute atomic E-state index is 0.0520. The Labute approximate surface area is 180 Å². The van der Waals surface area contributed by atoms with Crippen molar-refractivity contribution in [1.29, 1.82) is 0 Å². The first-order valence-electron chi connectivity index (χ1n) is 9.80. The van der Waals surface area contributed by atoms with Crippen LogP contribution in [0.1, 0.15) is 24.2 Å². The third-order valence-corrected chi connectivity index (χ3v) is 6.31. The van der Waals surface area contributed by atoms with Gasteiger partial charge < -0.3 is 5.32 Å². The molecule has 0 aliphatic heterocycles. The first kappa shape index (κ1) is 20.8. The molecule has 4 aromatic rings. The zero-order valence-electron chi connectivity index (χ0n) is 17.1. The topological polar surface area (TPSA) is 93.1 Å². The number of hydrogen-bond donors (Lipinski definition) is 2. The van der Waals surface area contributed by atoms with Gasteiger partial charge in [-0.3, -0.25) is 9.36 Å². The van der Waals surface area contributed by atoms with Crippen LogP contribution in [-0.2, 0) is 10.0 Å². The first-order chi connectivity index (χ1) is 14.8. The molecule has 1 amide bonds. The molecule has 0 aliphatic carbocycles. The van der Waals surface area contributed by atoms with E-state index in [0.717, 1.165) is 16.7 Å². The molecule has 0 aliphatic rings. The second kappa shape index (κ2) is 8.33. The van der Waals surface area contributed by atoms with Crippen molar-refractivity contribution in [2.24, 2.45) is 0 Å². The van der Waals surface area contributed by atoms with Crippen LogP contribution in [0.3, 0.4) is 0 Å². The molecule has 0 spiro atoms. The summed E-state index contributed by atoms with van der Waals surface area (Å²) in [5.74, 6) is -0.387. The zero-order chi connectivity index (χ0) is 22.0. The molecular formula is C23H22N4O3S. The number of para-hydroxylation sites is 2. The summed E-state index contributed by atoms with van der Waals surface area (Å²) >= 11 is 0. The standard InChI is InChI=1S/C23H22N4O3S/c1-16(2)26-31(29,30)20-7-5-6-17(14-20)23(28)25-18-10-12-19(13-11-18)27-15-24-21-8-3-4-9-22(21)27/h3-16,26H,1-2H3,(H,25,28). The molecule has 3 aromatic carbocycles. The molecule has 0 bridgehead atoms. The summed E-state index contributed by atoms with van der Waals surface area (Å²) in [7, 11) is -3.68. The third-order valence-electron chi connectivity index (χ3n) is 4.65. The molecule has 0 saturated carbocycles. The number of benzene rings is 3. The highest BCUT2D eigenvalue weighted by Crippen LogP contribution is 2.20. The lowest BCUT2D eigenvalue weighted by atomic mass is 10.2. The van der Waals surface area contributed by atoms with Gasteiger partial charge >= 0.3 is 0 Å². The second-order valence-corrected chi connectivity index (χ2v) is 9.12. The summed E-state index contributed by atoms with van der Waals surface area (Å²) in [4.78, 5) is 17.1. The Hall–Kier alpha value is -3.49. The lowest BCUT2D eigenvalue weighted by Crippen LogP contribution is -2.30. The fraction of sp³-hybridized carbons (Fsp3) is 0.130. The van der Waals surface area contributed by atoms with Gasteiger partial charge in [0.15, 0.2) is 0 Å². The van der Waals surface area contributed by atoms with E-state index in [0.29, 0.717) is 5.69 Å². The van der Waals surface area contributed by atoms with Crippen molar-refractivity contribution in [3.8, 4) is 5.69 Å². The smallest absolute Gasteiger partial charge is 0.255 e. The quantitative estimate of drug-likeness (QED) is 0.480. The number of nitrogens with zero attached hydrogens (tertiary/aromatic N) is 2. The van der Waals surface area contributed by atoms with E-state index in [9.17, 15) is 13.2 Å². The van der Waals surface area contributed by atoms with Crippen LogP contribution in [0, 0.1) is 0 Å². The Morgan fingerprint density at radius 3 is 2.45 bits per heavy atom. The number of anilines is 1. The molecule has 2 N–H and O–H groups in total. The highest BCUT2D eigenvalue weighted by molar-refractivity contribution is 7.89. The predicted molar refractivity (Wildman–Crippen MR) is 121 cm³/mol. The van der Waals surface area contributed by atoms with Gasteiger partial charge in [0.2, 0.25) is 10.0 Å². The normalized spacial score (nSPS) is 11.7. The first-order valence-corrected chi connectivity index (χ1v) is 11.3. The minimum Gasteiger partial charge on any atom is -0.322 e. The van der Waals surface area contributed by atoms with E-state index in [1.807, 2.05) is 41.0 Å². The van der Waals surface area contributed by atoms with Crippen LogP contribution in [0.15, 0.2) is 84.0 Å². The summed E-state index contributed by atoms with van der Waals surface area (Å²) in [5.41, 5.74) is 3.68. The number of amides is 1. The van der Waals surface area contributed by atoms with Crippen molar-refractivity contribution in [1.82, 2.24) is 14.3 Å². The highest BCUT2D eigenvalue weighted by Gasteiger charge is 2.17. The van der Waals surface area contributed by atoms with E-state index in [1.54, 1.807) is 44.4 Å². The van der Waals surface area contributed by atoms with E-state index in [1.165, 1.54) is 12.1 Å². The molecule has 4 rings (SSSR count). The van der Waals surface area contributed by atoms with Gasteiger partial charge in [-0.15, -0.1) is 0 Å². The maximum absolute atomic E-state index is 12.7. The van der Waals surface area contributed by atoms with Gasteiger partial charge in [-0.1, -0.05) is 18.2 Å². The molecule has 7 nitrogen and oxygen atoms in total. The van der Waals surface area contributed by atoms with E-state index >= 15 is 0 Å². The molecular weight excluding hydrogens is 412 g/mol. The number of nitrogens with one attached hydrogen (secondary N) is 2. The average Bonchev–Trinajstić information content (AvgIpc) is 3.18. The Balaban J connectivity index is 1.52. The molecule has 0 saturated heterocycles. The summed E-state index contributed by atoms with van der Waals surface area (Å²) in [6.07, 6.45) is 1.76. The Kier molecular flexibility index (Phi) is 5.58. The summed E-state index contributed by atoms with van der Waals surface area (Å²) < 4.78 is 29.2. The highest BCUT2D eigenvalue weighted by atomic mass is 32.2. The van der Waals surface area contributed by atoms with Gasteiger partial charge in [0, 0.05) is 23.0 Å². The number of rotatable bonds is 6. The average molecular weight is 435 g/mol. The number of carbonyl (C=O) groups excluding carboxylic acids is 1. The Morgan fingerprint density at radius 2 is 1.71 bits per heavy atom. The van der Waals surface area contributed by atoms with E-state index in [2.05, 4.69) is 15.0 Å². The van der Waals surface area contributed by atoms with E-state index in [4.69, 9.17) is 0 Å². The maximum atomic E-state index is 12.7. The van der Waals surface area contributed by atoms with Crippen molar-refractivity contribution in [3.05, 3.63) is 84.7 Å². The van der Waals surface area contributed by atoms with E-state index in [-0.39, 0.29) is 22.4 Å². The summed E-state index contributed by atoms with van der Waals surface area (Å²) in [5, 5.41) is 2.81. The summed E-state index contributed by atoms with van der Waals surface area (Å²) in [6, 6.07) is 20.9. The number of sulfonamides is 1. The third kappa shape index (κ3) is 4.50. The Morgan fingerprint density at radius 1 is 0.968 bits per heavy atom. The second-order valence-electron chi connectivity index (χ2n) is 7.41. The van der Waals surface area contributed by atoms with Crippen LogP contribution in [0.2, 0.25) is 0 Å². The molecule has 1 heterocycles. The van der Waals surface area contributed by atoms with Crippen molar-refractivity contribution in [2.45, 2.75) is 24.8 Å². The largest absolute Gasteiger partial charge is 0.322 e. The van der Waals surface area contributed by atoms with Gasteiger partial charge in [0.1, 0.15) is 6.33 Å². The Bertz CT molecular complexity index is 1340. The SMILES string of the molecule is CC(C)NS(=O)(=O)c1cccc(C(=O)Nc2ccc(-n3cnc4ccccc43)cc2)c1. The molecule has 158 valence electrons. The van der Waals surface area contributed by atoms with Crippen LogP contribution in [0.5, 0.6) is 0 Å². The number of imidazole rings is 1. The molecule has 0 fully saturated rings. The van der Waals surface area contributed by atoms with Gasteiger partial charge in [0.05, 0.1) is 15.9 Å². The number of fused-ring (bicyclic) bond motifs is 1. The van der Waals surface area contributed by atoms with Gasteiger partial charge in [0.25, 0.3) is 5.91 Å². The fourth-order valence-corrected chi connectivity index (χ4v) is 4.55. The van der Waals surface area contributed by atoms with Crippen molar-refractivity contribution in [3.63, 3.8) is 0 Å². The van der Waals surface area contributed by atoms with Crippen LogP contribution >= 0.6 is 0 Å². The van der Waals surface area contributed by atoms with Gasteiger partial charge in [-0.05, 0) is 68.4 Å². The van der Waals surface area contributed by atoms with Crippen molar-refractivity contribution >= 4 is 32.7 Å². The van der Waals surface area contributed by atoms with Crippen LogP contribution < -0.4 is 10.0 Å². The molecule has 8 heteroatoms. The minimum atomic E-state index is -3.68. The molecule has 0 atom stereocenters. The van der Waals surface area contributed by atoms with Crippen LogP contribution in [-0.4, -0.2) is 29.9 Å². The van der Waals surface area contributed by atoms with E-state index < -0.39 is 10.0 Å². The maximum Gasteiger partial charge on any atom is 0.255 e. The lowest BCUT2D eigenvalue weighted by molar-refractivity contribution is 0.102. The molecule has 1 aromatic heterocycles. The van der Waals surface area contributed by atoms with Gasteiger partial charge in [-0.2, -0.15) is 0 Å².